The zero-order chi connectivity index (χ0) is 18.2. The summed E-state index contributed by atoms with van der Waals surface area (Å²) >= 11 is 0. The Morgan fingerprint density at radius 3 is 2.12 bits per heavy atom. The van der Waals surface area contributed by atoms with E-state index in [1.807, 2.05) is 37.3 Å². The van der Waals surface area contributed by atoms with Crippen molar-refractivity contribution in [1.29, 1.82) is 0 Å². The highest BCUT2D eigenvalue weighted by Crippen LogP contribution is 2.36. The number of hydrogen-bond donors (Lipinski definition) is 1. The summed E-state index contributed by atoms with van der Waals surface area (Å²) in [6.45, 7) is 10.7. The summed E-state index contributed by atoms with van der Waals surface area (Å²) in [5.41, 5.74) is 2.40. The van der Waals surface area contributed by atoms with Crippen molar-refractivity contribution < 1.29 is 19.2 Å². The van der Waals surface area contributed by atoms with Crippen molar-refractivity contribution in [3.05, 3.63) is 53.6 Å². The van der Waals surface area contributed by atoms with E-state index in [9.17, 15) is 5.11 Å². The number of ether oxygens (including phenoxy) is 1. The molecule has 3 rings (SSSR count). The molecule has 4 nitrogen and oxygen atoms in total. The van der Waals surface area contributed by atoms with Gasteiger partial charge in [0.1, 0.15) is 18.1 Å². The first-order valence-corrected chi connectivity index (χ1v) is 8.55. The van der Waals surface area contributed by atoms with E-state index >= 15 is 0 Å². The zero-order valence-electron chi connectivity index (χ0n) is 15.5. The first-order valence-electron chi connectivity index (χ1n) is 8.55. The molecule has 132 valence electrons. The minimum atomic E-state index is -0.365. The van der Waals surface area contributed by atoms with E-state index in [0.29, 0.717) is 6.61 Å². The van der Waals surface area contributed by atoms with Gasteiger partial charge >= 0.3 is 7.12 Å². The van der Waals surface area contributed by atoms with Crippen LogP contribution < -0.4 is 10.2 Å². The minimum absolute atomic E-state index is 0.256. The van der Waals surface area contributed by atoms with Gasteiger partial charge in [0, 0.05) is 0 Å². The Bertz CT molecular complexity index is 737. The quantitative estimate of drug-likeness (QED) is 0.865. The fraction of sp³-hybridized carbons (Fsp3) is 0.400. The summed E-state index contributed by atoms with van der Waals surface area (Å²) < 4.78 is 18.1. The lowest BCUT2D eigenvalue weighted by molar-refractivity contribution is 0.00578. The van der Waals surface area contributed by atoms with E-state index in [1.54, 1.807) is 12.1 Å². The maximum absolute atomic E-state index is 9.32. The summed E-state index contributed by atoms with van der Waals surface area (Å²) in [6, 6.07) is 13.0. The van der Waals surface area contributed by atoms with Crippen LogP contribution in [0.2, 0.25) is 0 Å². The van der Waals surface area contributed by atoms with Gasteiger partial charge in [-0.1, -0.05) is 18.2 Å². The molecule has 1 aliphatic heterocycles. The monoisotopic (exact) mass is 340 g/mol. The highest BCUT2D eigenvalue weighted by Gasteiger charge is 2.52. The Hall–Kier alpha value is -1.98. The van der Waals surface area contributed by atoms with Gasteiger partial charge < -0.3 is 19.2 Å². The van der Waals surface area contributed by atoms with Crippen LogP contribution >= 0.6 is 0 Å². The lowest BCUT2D eigenvalue weighted by Crippen LogP contribution is -2.41. The number of phenols is 1. The highest BCUT2D eigenvalue weighted by atomic mass is 16.7. The molecule has 0 aliphatic carbocycles. The van der Waals surface area contributed by atoms with Gasteiger partial charge in [0.05, 0.1) is 11.2 Å². The number of aryl methyl sites for hydroxylation is 1. The molecule has 25 heavy (non-hydrogen) atoms. The second kappa shape index (κ2) is 6.39. The molecule has 0 saturated carbocycles. The van der Waals surface area contributed by atoms with Gasteiger partial charge in [0.25, 0.3) is 0 Å². The molecule has 0 amide bonds. The summed E-state index contributed by atoms with van der Waals surface area (Å²) in [5.74, 6) is 1.05. The van der Waals surface area contributed by atoms with Gasteiger partial charge in [-0.3, -0.25) is 0 Å². The molecule has 0 atom stereocenters. The maximum atomic E-state index is 9.32. The van der Waals surface area contributed by atoms with Gasteiger partial charge in [-0.05, 0) is 75.5 Å². The molecule has 1 saturated heterocycles. The summed E-state index contributed by atoms with van der Waals surface area (Å²) in [4.78, 5) is 0. The minimum Gasteiger partial charge on any atom is -0.508 e. The third-order valence-corrected chi connectivity index (χ3v) is 5.09. The predicted octanol–water partition coefficient (Wildman–Crippen LogP) is 3.58. The third-order valence-electron chi connectivity index (χ3n) is 5.09. The number of hydrogen-bond acceptors (Lipinski definition) is 4. The standard InChI is InChI=1S/C20H25BO4/c1-14-12-17(23-13-15-6-8-16(22)9-7-15)10-11-18(14)21-24-19(2,3)20(4,5)25-21/h6-12,22H,13H2,1-5H3. The molecule has 0 bridgehead atoms. The SMILES string of the molecule is Cc1cc(OCc2ccc(O)cc2)ccc1B1OC(C)(C)C(C)(C)O1. The molecule has 1 fully saturated rings. The second-order valence-electron chi connectivity index (χ2n) is 7.56. The van der Waals surface area contributed by atoms with Gasteiger partial charge in [0.15, 0.2) is 0 Å². The van der Waals surface area contributed by atoms with Crippen molar-refractivity contribution in [3.63, 3.8) is 0 Å². The van der Waals surface area contributed by atoms with Crippen LogP contribution in [0.5, 0.6) is 11.5 Å². The first-order chi connectivity index (χ1) is 11.7. The molecule has 0 unspecified atom stereocenters. The van der Waals surface area contributed by atoms with Crippen LogP contribution in [0.15, 0.2) is 42.5 Å². The fourth-order valence-electron chi connectivity index (χ4n) is 2.73. The van der Waals surface area contributed by atoms with Gasteiger partial charge in [0.2, 0.25) is 0 Å². The summed E-state index contributed by atoms with van der Waals surface area (Å²) in [7, 11) is -0.365. The number of phenolic OH excluding ortho intramolecular Hbond substituents is 1. The molecule has 1 N–H and O–H groups in total. The molecule has 2 aromatic rings. The Morgan fingerprint density at radius 2 is 1.56 bits per heavy atom. The van der Waals surface area contributed by atoms with Crippen molar-refractivity contribution in [1.82, 2.24) is 0 Å². The number of aromatic hydroxyl groups is 1. The van der Waals surface area contributed by atoms with Crippen LogP contribution in [-0.2, 0) is 15.9 Å². The van der Waals surface area contributed by atoms with Gasteiger partial charge in [-0.25, -0.2) is 0 Å². The molecule has 1 heterocycles. The van der Waals surface area contributed by atoms with Crippen molar-refractivity contribution in [2.75, 3.05) is 0 Å². The van der Waals surface area contributed by atoms with Crippen molar-refractivity contribution in [3.8, 4) is 11.5 Å². The van der Waals surface area contributed by atoms with E-state index in [2.05, 4.69) is 27.7 Å². The third kappa shape index (κ3) is 3.67. The molecule has 0 aromatic heterocycles. The van der Waals surface area contributed by atoms with Crippen molar-refractivity contribution in [2.24, 2.45) is 0 Å². The average molecular weight is 340 g/mol. The Labute approximate surface area is 149 Å². The summed E-state index contributed by atoms with van der Waals surface area (Å²) in [6.07, 6.45) is 0. The smallest absolute Gasteiger partial charge is 0.495 e. The summed E-state index contributed by atoms with van der Waals surface area (Å²) in [5, 5.41) is 9.32. The lowest BCUT2D eigenvalue weighted by atomic mass is 9.76. The van der Waals surface area contributed by atoms with Crippen molar-refractivity contribution >= 4 is 12.6 Å². The van der Waals surface area contributed by atoms with E-state index in [0.717, 1.165) is 22.3 Å². The van der Waals surface area contributed by atoms with E-state index < -0.39 is 0 Å². The van der Waals surface area contributed by atoms with Crippen molar-refractivity contribution in [2.45, 2.75) is 52.4 Å². The molecule has 5 heteroatoms. The van der Waals surface area contributed by atoms with Crippen LogP contribution in [0.4, 0.5) is 0 Å². The largest absolute Gasteiger partial charge is 0.508 e. The normalized spacial score (nSPS) is 18.4. The van der Waals surface area contributed by atoms with Crippen LogP contribution in [0.25, 0.3) is 0 Å². The Morgan fingerprint density at radius 1 is 0.960 bits per heavy atom. The predicted molar refractivity (Wildman–Crippen MR) is 99.3 cm³/mol. The molecular weight excluding hydrogens is 315 g/mol. The van der Waals surface area contributed by atoms with E-state index in [-0.39, 0.29) is 24.1 Å². The topological polar surface area (TPSA) is 47.9 Å². The molecule has 2 aromatic carbocycles. The lowest BCUT2D eigenvalue weighted by Gasteiger charge is -2.32. The van der Waals surface area contributed by atoms with Crippen LogP contribution in [-0.4, -0.2) is 23.4 Å². The molecule has 1 aliphatic rings. The number of rotatable bonds is 4. The Kier molecular flexibility index (Phi) is 4.56. The first kappa shape index (κ1) is 17.8. The maximum Gasteiger partial charge on any atom is 0.495 e. The van der Waals surface area contributed by atoms with Crippen LogP contribution in [0.3, 0.4) is 0 Å². The molecule has 0 radical (unpaired) electrons. The Balaban J connectivity index is 1.70. The van der Waals surface area contributed by atoms with Crippen LogP contribution in [0, 0.1) is 6.92 Å². The van der Waals surface area contributed by atoms with Gasteiger partial charge in [-0.15, -0.1) is 0 Å². The van der Waals surface area contributed by atoms with E-state index in [4.69, 9.17) is 14.0 Å². The van der Waals surface area contributed by atoms with E-state index in [1.165, 1.54) is 0 Å². The van der Waals surface area contributed by atoms with Gasteiger partial charge in [-0.2, -0.15) is 0 Å². The fourth-order valence-corrected chi connectivity index (χ4v) is 2.73. The van der Waals surface area contributed by atoms with Crippen LogP contribution in [0.1, 0.15) is 38.8 Å². The molecule has 0 spiro atoms. The zero-order valence-corrected chi connectivity index (χ0v) is 15.5. The highest BCUT2D eigenvalue weighted by molar-refractivity contribution is 6.62. The molecular formula is C20H25BO4. The average Bonchev–Trinajstić information content (AvgIpc) is 2.74. The number of benzene rings is 2. The second-order valence-corrected chi connectivity index (χ2v) is 7.56.